The minimum Gasteiger partial charge on any atom is -0.466 e. The number of esters is 1. The molecule has 0 bridgehead atoms. The third-order valence-corrected chi connectivity index (χ3v) is 2.10. The van der Waals surface area contributed by atoms with Crippen LogP contribution in [0.25, 0.3) is 0 Å². The molecular weight excluding hydrogens is 168 g/mol. The van der Waals surface area contributed by atoms with Crippen LogP contribution in [0.3, 0.4) is 0 Å². The normalized spacial score (nSPS) is 15.9. The van der Waals surface area contributed by atoms with Gasteiger partial charge in [-0.1, -0.05) is 0 Å². The molecule has 74 valence electrons. The SMILES string of the molecule is CCOC(=O)CC(=N)N1CCCC1. The minimum atomic E-state index is -0.292. The van der Waals surface area contributed by atoms with E-state index < -0.39 is 0 Å². The van der Waals surface area contributed by atoms with Gasteiger partial charge >= 0.3 is 5.97 Å². The fourth-order valence-corrected chi connectivity index (χ4v) is 1.45. The van der Waals surface area contributed by atoms with Gasteiger partial charge in [-0.25, -0.2) is 0 Å². The Hall–Kier alpha value is -1.06. The van der Waals surface area contributed by atoms with Crippen molar-refractivity contribution >= 4 is 11.8 Å². The van der Waals surface area contributed by atoms with Crippen LogP contribution in [0.1, 0.15) is 26.2 Å². The molecule has 0 aromatic heterocycles. The minimum absolute atomic E-state index is 0.119. The molecule has 1 saturated heterocycles. The molecule has 4 heteroatoms. The van der Waals surface area contributed by atoms with Gasteiger partial charge in [0.25, 0.3) is 0 Å². The predicted octanol–water partition coefficient (Wildman–Crippen LogP) is 1.01. The molecule has 1 aliphatic heterocycles. The number of nitrogens with one attached hydrogen (secondary N) is 1. The van der Waals surface area contributed by atoms with Crippen molar-refractivity contribution in [1.29, 1.82) is 5.41 Å². The van der Waals surface area contributed by atoms with E-state index in [1.165, 1.54) is 0 Å². The molecule has 1 heterocycles. The van der Waals surface area contributed by atoms with Crippen LogP contribution >= 0.6 is 0 Å². The van der Waals surface area contributed by atoms with Crippen LogP contribution in [-0.4, -0.2) is 36.4 Å². The van der Waals surface area contributed by atoms with Gasteiger partial charge in [-0.3, -0.25) is 10.2 Å². The summed E-state index contributed by atoms with van der Waals surface area (Å²) in [4.78, 5) is 13.0. The fourth-order valence-electron chi connectivity index (χ4n) is 1.45. The summed E-state index contributed by atoms with van der Waals surface area (Å²) >= 11 is 0. The van der Waals surface area contributed by atoms with Crippen molar-refractivity contribution < 1.29 is 9.53 Å². The lowest BCUT2D eigenvalue weighted by Crippen LogP contribution is -2.29. The van der Waals surface area contributed by atoms with Gasteiger partial charge in [0.05, 0.1) is 6.61 Å². The fraction of sp³-hybridized carbons (Fsp3) is 0.778. The van der Waals surface area contributed by atoms with Crippen molar-refractivity contribution in [3.8, 4) is 0 Å². The third kappa shape index (κ3) is 3.05. The molecular formula is C9H16N2O2. The highest BCUT2D eigenvalue weighted by Gasteiger charge is 2.17. The molecule has 1 fully saturated rings. The van der Waals surface area contributed by atoms with Gasteiger partial charge < -0.3 is 9.64 Å². The Morgan fingerprint density at radius 3 is 2.62 bits per heavy atom. The highest BCUT2D eigenvalue weighted by molar-refractivity contribution is 5.95. The average molecular weight is 184 g/mol. The van der Waals surface area contributed by atoms with Gasteiger partial charge in [0.15, 0.2) is 0 Å². The first-order valence-electron chi connectivity index (χ1n) is 4.72. The summed E-state index contributed by atoms with van der Waals surface area (Å²) in [5, 5.41) is 7.62. The first kappa shape index (κ1) is 10.0. The second kappa shape index (κ2) is 4.84. The Labute approximate surface area is 78.4 Å². The van der Waals surface area contributed by atoms with Crippen LogP contribution in [0.5, 0.6) is 0 Å². The van der Waals surface area contributed by atoms with Crippen molar-refractivity contribution in [3.63, 3.8) is 0 Å². The largest absolute Gasteiger partial charge is 0.466 e. The highest BCUT2D eigenvalue weighted by Crippen LogP contribution is 2.09. The van der Waals surface area contributed by atoms with E-state index in [1.54, 1.807) is 6.92 Å². The third-order valence-electron chi connectivity index (χ3n) is 2.10. The van der Waals surface area contributed by atoms with E-state index in [0.29, 0.717) is 12.4 Å². The van der Waals surface area contributed by atoms with Crippen LogP contribution < -0.4 is 0 Å². The van der Waals surface area contributed by atoms with Crippen LogP contribution in [0.4, 0.5) is 0 Å². The molecule has 0 aliphatic carbocycles. The summed E-state index contributed by atoms with van der Waals surface area (Å²) in [6, 6.07) is 0. The molecule has 0 atom stereocenters. The average Bonchev–Trinajstić information content (AvgIpc) is 2.55. The number of carbonyl (C=O) groups is 1. The van der Waals surface area contributed by atoms with E-state index in [-0.39, 0.29) is 12.4 Å². The molecule has 0 amide bonds. The van der Waals surface area contributed by atoms with Gasteiger partial charge in [-0.05, 0) is 19.8 Å². The molecule has 13 heavy (non-hydrogen) atoms. The Morgan fingerprint density at radius 2 is 2.08 bits per heavy atom. The first-order valence-corrected chi connectivity index (χ1v) is 4.72. The summed E-state index contributed by atoms with van der Waals surface area (Å²) in [6.45, 7) is 4.00. The maximum atomic E-state index is 11.0. The topological polar surface area (TPSA) is 53.4 Å². The van der Waals surface area contributed by atoms with Gasteiger partial charge in [-0.2, -0.15) is 0 Å². The van der Waals surface area contributed by atoms with Crippen molar-refractivity contribution in [2.24, 2.45) is 0 Å². The van der Waals surface area contributed by atoms with Crippen molar-refractivity contribution in [3.05, 3.63) is 0 Å². The van der Waals surface area contributed by atoms with E-state index in [1.807, 2.05) is 4.90 Å². The lowest BCUT2D eigenvalue weighted by atomic mass is 10.3. The number of carbonyl (C=O) groups excluding carboxylic acids is 1. The smallest absolute Gasteiger partial charge is 0.313 e. The van der Waals surface area contributed by atoms with Crippen LogP contribution in [0, 0.1) is 5.41 Å². The second-order valence-electron chi connectivity index (χ2n) is 3.12. The summed E-state index contributed by atoms with van der Waals surface area (Å²) in [6.07, 6.45) is 2.38. The Bertz CT molecular complexity index is 198. The lowest BCUT2D eigenvalue weighted by molar-refractivity contribution is -0.141. The van der Waals surface area contributed by atoms with Crippen LogP contribution in [0.2, 0.25) is 0 Å². The van der Waals surface area contributed by atoms with Gasteiger partial charge in [0.1, 0.15) is 12.3 Å². The summed E-state index contributed by atoms with van der Waals surface area (Å²) < 4.78 is 4.77. The van der Waals surface area contributed by atoms with Gasteiger partial charge in [0.2, 0.25) is 0 Å². The number of hydrogen-bond donors (Lipinski definition) is 1. The standard InChI is InChI=1S/C9H16N2O2/c1-2-13-9(12)7-8(10)11-5-3-4-6-11/h10H,2-7H2,1H3. The van der Waals surface area contributed by atoms with E-state index in [2.05, 4.69) is 0 Å². The molecule has 1 N–H and O–H groups in total. The molecule has 1 rings (SSSR count). The zero-order chi connectivity index (χ0) is 9.68. The predicted molar refractivity (Wildman–Crippen MR) is 49.8 cm³/mol. The maximum absolute atomic E-state index is 11.0. The number of nitrogens with zero attached hydrogens (tertiary/aromatic N) is 1. The van der Waals surface area contributed by atoms with Gasteiger partial charge in [-0.15, -0.1) is 0 Å². The number of amidine groups is 1. The molecule has 4 nitrogen and oxygen atoms in total. The lowest BCUT2D eigenvalue weighted by Gasteiger charge is -2.17. The van der Waals surface area contributed by atoms with E-state index >= 15 is 0 Å². The molecule has 0 unspecified atom stereocenters. The monoisotopic (exact) mass is 184 g/mol. The molecule has 0 aromatic carbocycles. The molecule has 0 radical (unpaired) electrons. The Kier molecular flexibility index (Phi) is 3.73. The zero-order valence-corrected chi connectivity index (χ0v) is 8.01. The van der Waals surface area contributed by atoms with Crippen LogP contribution in [-0.2, 0) is 9.53 Å². The second-order valence-corrected chi connectivity index (χ2v) is 3.12. The van der Waals surface area contributed by atoms with E-state index in [9.17, 15) is 4.79 Å². The number of hydrogen-bond acceptors (Lipinski definition) is 3. The van der Waals surface area contributed by atoms with Crippen molar-refractivity contribution in [1.82, 2.24) is 4.90 Å². The first-order chi connectivity index (χ1) is 6.24. The van der Waals surface area contributed by atoms with Gasteiger partial charge in [0, 0.05) is 13.1 Å². The molecule has 0 aromatic rings. The molecule has 1 aliphatic rings. The van der Waals surface area contributed by atoms with E-state index in [0.717, 1.165) is 25.9 Å². The molecule has 0 spiro atoms. The van der Waals surface area contributed by atoms with Crippen molar-refractivity contribution in [2.75, 3.05) is 19.7 Å². The highest BCUT2D eigenvalue weighted by atomic mass is 16.5. The summed E-state index contributed by atoms with van der Waals surface area (Å²) in [5.41, 5.74) is 0. The Morgan fingerprint density at radius 1 is 1.46 bits per heavy atom. The maximum Gasteiger partial charge on any atom is 0.313 e. The van der Waals surface area contributed by atoms with Crippen molar-refractivity contribution in [2.45, 2.75) is 26.2 Å². The molecule has 0 saturated carbocycles. The number of likely N-dealkylation sites (tertiary alicyclic amines) is 1. The Balaban J connectivity index is 2.27. The van der Waals surface area contributed by atoms with E-state index in [4.69, 9.17) is 10.1 Å². The number of ether oxygens (including phenoxy) is 1. The summed E-state index contributed by atoms with van der Waals surface area (Å²) in [5.74, 6) is 0.107. The number of rotatable bonds is 3. The quantitative estimate of drug-likeness (QED) is 0.404. The van der Waals surface area contributed by atoms with Crippen LogP contribution in [0.15, 0.2) is 0 Å². The zero-order valence-electron chi connectivity index (χ0n) is 8.01. The summed E-state index contributed by atoms with van der Waals surface area (Å²) in [7, 11) is 0.